The smallest absolute Gasteiger partial charge is 0.259 e. The molecular formula is C45H52N6O7S2. The molecule has 15 heteroatoms. The Morgan fingerprint density at radius 1 is 1.17 bits per heavy atom. The molecule has 316 valence electrons. The van der Waals surface area contributed by atoms with Gasteiger partial charge in [0.25, 0.3) is 5.91 Å². The second kappa shape index (κ2) is 16.0. The van der Waals surface area contributed by atoms with Gasteiger partial charge in [0.15, 0.2) is 5.13 Å². The van der Waals surface area contributed by atoms with Crippen molar-refractivity contribution in [3.05, 3.63) is 83.9 Å². The highest BCUT2D eigenvalue weighted by atomic mass is 32.2. The molecule has 3 fully saturated rings. The van der Waals surface area contributed by atoms with Crippen molar-refractivity contribution in [2.75, 3.05) is 19.0 Å². The zero-order valence-electron chi connectivity index (χ0n) is 34.6. The second-order valence-corrected chi connectivity index (χ2v) is 20.0. The fourth-order valence-electron chi connectivity index (χ4n) is 8.21. The van der Waals surface area contributed by atoms with E-state index < -0.39 is 56.7 Å². The van der Waals surface area contributed by atoms with Gasteiger partial charge in [0, 0.05) is 51.8 Å². The van der Waals surface area contributed by atoms with Crippen molar-refractivity contribution in [2.24, 2.45) is 11.8 Å². The summed E-state index contributed by atoms with van der Waals surface area (Å²) in [5, 5.41) is 9.05. The van der Waals surface area contributed by atoms with E-state index >= 15 is 4.79 Å². The Morgan fingerprint density at radius 2 is 1.93 bits per heavy atom. The molecule has 6 atom stereocenters. The molecule has 2 aromatic carbocycles. The lowest BCUT2D eigenvalue weighted by Crippen LogP contribution is -2.58. The molecular weight excluding hydrogens is 801 g/mol. The third-order valence-electron chi connectivity index (χ3n) is 12.5. The number of thiazole rings is 1. The molecule has 8 rings (SSSR count). The zero-order valence-corrected chi connectivity index (χ0v) is 36.2. The number of allylic oxidation sites excluding steroid dienone is 1. The monoisotopic (exact) mass is 852 g/mol. The Morgan fingerprint density at radius 3 is 2.62 bits per heavy atom. The van der Waals surface area contributed by atoms with Crippen molar-refractivity contribution >= 4 is 61.2 Å². The molecule has 2 saturated carbocycles. The van der Waals surface area contributed by atoms with Crippen LogP contribution in [-0.4, -0.2) is 83.6 Å². The summed E-state index contributed by atoms with van der Waals surface area (Å²) in [6.45, 7) is 12.2. The summed E-state index contributed by atoms with van der Waals surface area (Å²) < 4.78 is 40.8. The molecule has 13 nitrogen and oxygen atoms in total. The number of fused-ring (bicyclic) bond motifs is 5. The molecule has 4 aromatic rings. The van der Waals surface area contributed by atoms with Gasteiger partial charge in [0.1, 0.15) is 35.2 Å². The number of hydrogen-bond acceptors (Lipinski definition) is 11. The van der Waals surface area contributed by atoms with Gasteiger partial charge in [-0.05, 0) is 37.7 Å². The molecule has 4 heterocycles. The molecule has 4 aliphatic rings. The summed E-state index contributed by atoms with van der Waals surface area (Å²) in [4.78, 5) is 54.9. The molecule has 0 spiro atoms. The number of pyridine rings is 1. The Bertz CT molecular complexity index is 2480. The summed E-state index contributed by atoms with van der Waals surface area (Å²) in [5.41, 5.74) is 2.03. The normalized spacial score (nSPS) is 25.9. The summed E-state index contributed by atoms with van der Waals surface area (Å²) in [6.07, 6.45) is 7.62. The van der Waals surface area contributed by atoms with E-state index in [2.05, 4.69) is 41.9 Å². The van der Waals surface area contributed by atoms with Gasteiger partial charge >= 0.3 is 0 Å². The molecule has 6 bridgehead atoms. The first-order valence-electron chi connectivity index (χ1n) is 20.6. The van der Waals surface area contributed by atoms with Crippen LogP contribution in [0, 0.1) is 11.8 Å². The van der Waals surface area contributed by atoms with E-state index in [4.69, 9.17) is 19.4 Å². The van der Waals surface area contributed by atoms with Crippen LogP contribution in [0.3, 0.4) is 0 Å². The SMILES string of the molecule is C=C[C@@H]1C[C@]1(NC(=O)[C@@H]1C[C@@H]2CN1C(=O)[C@H]([C@@H](C)CC)Nc1nc(cs1)C(C)(C)C/C=C/c1cc3c(cc(-c4ccccc4)nc3cc1OC)O2)C(=O)NS(=O)(=O)C1CC1. The number of carbonyl (C=O) groups is 3. The fourth-order valence-corrected chi connectivity index (χ4v) is 10.5. The van der Waals surface area contributed by atoms with Crippen LogP contribution in [0.1, 0.15) is 77.5 Å². The number of aromatic nitrogens is 2. The van der Waals surface area contributed by atoms with Crippen LogP contribution in [0.15, 0.2) is 72.6 Å². The molecule has 3 N–H and O–H groups in total. The van der Waals surface area contributed by atoms with Gasteiger partial charge in [-0.1, -0.05) is 82.7 Å². The summed E-state index contributed by atoms with van der Waals surface area (Å²) in [7, 11) is -2.26. The van der Waals surface area contributed by atoms with E-state index in [1.54, 1.807) is 18.1 Å². The lowest BCUT2D eigenvalue weighted by molar-refractivity contribution is -0.141. The zero-order chi connectivity index (χ0) is 42.6. The maximum absolute atomic E-state index is 15.0. The van der Waals surface area contributed by atoms with Crippen LogP contribution < -0.4 is 24.8 Å². The van der Waals surface area contributed by atoms with Crippen molar-refractivity contribution in [1.29, 1.82) is 0 Å². The lowest BCUT2D eigenvalue weighted by atomic mass is 9.86. The highest BCUT2D eigenvalue weighted by Gasteiger charge is 2.62. The standard InChI is InChI=1S/C45H52N6O7S2/c1-7-26(3)39-41(53)51-24-30(20-35(51)40(52)49-45(23-29(45)8-2)42(54)50-60(55,56)31-16-17-31)58-37-21-33(27-13-10-9-11-14-27)46-34-22-36(57-6)28(19-32(34)37)15-12-18-44(4,5)38-25-59-43(47-38)48-39/h8-15,19,21-22,25-26,29-31,35,39H,2,7,16-18,20,23-24H2,1,3-6H3,(H,47,48)(H,49,52)(H,50,54)/b15-12+/t26-,29+,30+,35-,39-,45+/m0/s1. The van der Waals surface area contributed by atoms with Gasteiger partial charge in [-0.25, -0.2) is 18.4 Å². The van der Waals surface area contributed by atoms with E-state index in [1.807, 2.05) is 73.8 Å². The first-order valence-corrected chi connectivity index (χ1v) is 23.0. The first-order chi connectivity index (χ1) is 28.7. The number of amides is 3. The molecule has 60 heavy (non-hydrogen) atoms. The van der Waals surface area contributed by atoms with Crippen LogP contribution in [-0.2, 0) is 29.8 Å². The Kier molecular flexibility index (Phi) is 11.0. The molecule has 2 aliphatic carbocycles. The largest absolute Gasteiger partial charge is 0.496 e. The van der Waals surface area contributed by atoms with E-state index in [1.165, 1.54) is 11.3 Å². The van der Waals surface area contributed by atoms with Crippen molar-refractivity contribution in [1.82, 2.24) is 24.9 Å². The number of nitrogens with one attached hydrogen (secondary N) is 3. The Balaban J connectivity index is 1.22. The van der Waals surface area contributed by atoms with Crippen molar-refractivity contribution < 1.29 is 32.3 Å². The van der Waals surface area contributed by atoms with Crippen LogP contribution in [0.5, 0.6) is 11.5 Å². The number of carbonyl (C=O) groups excluding carboxylic acids is 3. The fraction of sp³-hybridized carbons (Fsp3) is 0.444. The number of sulfonamides is 1. The van der Waals surface area contributed by atoms with E-state index in [9.17, 15) is 18.0 Å². The van der Waals surface area contributed by atoms with Crippen LogP contribution >= 0.6 is 11.3 Å². The predicted octanol–water partition coefficient (Wildman–Crippen LogP) is 6.61. The quantitative estimate of drug-likeness (QED) is 0.148. The predicted molar refractivity (Wildman–Crippen MR) is 233 cm³/mol. The van der Waals surface area contributed by atoms with E-state index in [0.29, 0.717) is 53.5 Å². The first kappa shape index (κ1) is 41.5. The molecule has 3 amide bonds. The summed E-state index contributed by atoms with van der Waals surface area (Å²) in [6, 6.07) is 13.7. The second-order valence-electron chi connectivity index (χ2n) is 17.2. The van der Waals surface area contributed by atoms with E-state index in [-0.39, 0.29) is 36.6 Å². The molecule has 1 saturated heterocycles. The number of hydrogen-bond donors (Lipinski definition) is 3. The minimum Gasteiger partial charge on any atom is -0.496 e. The Labute approximate surface area is 355 Å². The van der Waals surface area contributed by atoms with Crippen molar-refractivity contribution in [2.45, 2.75) is 101 Å². The average Bonchev–Trinajstić information content (AvgIpc) is 4.12. The molecule has 2 aliphatic heterocycles. The van der Waals surface area contributed by atoms with Gasteiger partial charge in [0.05, 0.1) is 35.8 Å². The number of ether oxygens (including phenoxy) is 2. The highest BCUT2D eigenvalue weighted by molar-refractivity contribution is 7.91. The topological polar surface area (TPSA) is 169 Å². The number of rotatable bonds is 10. The Hall–Kier alpha value is -5.28. The number of nitrogens with zero attached hydrogens (tertiary/aromatic N) is 3. The van der Waals surface area contributed by atoms with E-state index in [0.717, 1.165) is 22.2 Å². The van der Waals surface area contributed by atoms with Gasteiger partial charge in [-0.2, -0.15) is 0 Å². The van der Waals surface area contributed by atoms with Crippen LogP contribution in [0.2, 0.25) is 0 Å². The van der Waals surface area contributed by atoms with Gasteiger partial charge in [-0.3, -0.25) is 19.1 Å². The van der Waals surface area contributed by atoms with Crippen molar-refractivity contribution in [3.63, 3.8) is 0 Å². The highest BCUT2D eigenvalue weighted by Crippen LogP contribution is 2.46. The van der Waals surface area contributed by atoms with Crippen LogP contribution in [0.4, 0.5) is 5.13 Å². The third kappa shape index (κ3) is 8.01. The lowest BCUT2D eigenvalue weighted by Gasteiger charge is -2.32. The van der Waals surface area contributed by atoms with Crippen LogP contribution in [0.25, 0.3) is 28.2 Å². The number of anilines is 1. The average molecular weight is 853 g/mol. The molecule has 0 unspecified atom stereocenters. The third-order valence-corrected chi connectivity index (χ3v) is 15.1. The number of benzene rings is 2. The van der Waals surface area contributed by atoms with Crippen molar-refractivity contribution in [3.8, 4) is 22.8 Å². The van der Waals surface area contributed by atoms with Gasteiger partial charge in [0.2, 0.25) is 21.8 Å². The molecule has 2 aromatic heterocycles. The molecule has 0 radical (unpaired) electrons. The minimum atomic E-state index is -3.89. The summed E-state index contributed by atoms with van der Waals surface area (Å²) in [5.74, 6) is -1.16. The van der Waals surface area contributed by atoms with Gasteiger partial charge in [-0.15, -0.1) is 17.9 Å². The maximum Gasteiger partial charge on any atom is 0.259 e. The number of methoxy groups -OCH3 is 1. The maximum atomic E-state index is 15.0. The van der Waals surface area contributed by atoms with Gasteiger partial charge < -0.3 is 25.0 Å². The minimum absolute atomic E-state index is 0.0647. The summed E-state index contributed by atoms with van der Waals surface area (Å²) >= 11 is 1.43.